The molecule has 1 aliphatic rings. The van der Waals surface area contributed by atoms with Crippen LogP contribution in [0, 0.1) is 0 Å². The van der Waals surface area contributed by atoms with Gasteiger partial charge in [0, 0.05) is 13.1 Å². The predicted octanol–water partition coefficient (Wildman–Crippen LogP) is 1.23. The van der Waals surface area contributed by atoms with Crippen LogP contribution in [-0.4, -0.2) is 42.7 Å². The van der Waals surface area contributed by atoms with Gasteiger partial charge in [-0.2, -0.15) is 0 Å². The lowest BCUT2D eigenvalue weighted by Crippen LogP contribution is -2.21. The lowest BCUT2D eigenvalue weighted by Gasteiger charge is -2.15. The van der Waals surface area contributed by atoms with Crippen molar-refractivity contribution >= 4 is 5.97 Å². The van der Waals surface area contributed by atoms with Crippen molar-refractivity contribution in [2.24, 2.45) is 5.73 Å². The summed E-state index contributed by atoms with van der Waals surface area (Å²) in [4.78, 5) is 13.4. The molecule has 1 aliphatic heterocycles. The van der Waals surface area contributed by atoms with Crippen LogP contribution in [-0.2, 0) is 4.79 Å². The SMILES string of the molecule is CN1CCC(c2cccc(C(CN)C(=O)O)c2)C1. The van der Waals surface area contributed by atoms with Gasteiger partial charge < -0.3 is 15.7 Å². The monoisotopic (exact) mass is 248 g/mol. The number of carbonyl (C=O) groups is 1. The fourth-order valence-corrected chi connectivity index (χ4v) is 2.62. The van der Waals surface area contributed by atoms with Crippen LogP contribution < -0.4 is 5.73 Å². The summed E-state index contributed by atoms with van der Waals surface area (Å²) < 4.78 is 0. The number of hydrogen-bond acceptors (Lipinski definition) is 3. The van der Waals surface area contributed by atoms with E-state index in [1.807, 2.05) is 18.2 Å². The highest BCUT2D eigenvalue weighted by atomic mass is 16.4. The summed E-state index contributed by atoms with van der Waals surface area (Å²) in [5.41, 5.74) is 7.59. The molecule has 98 valence electrons. The van der Waals surface area contributed by atoms with Crippen LogP contribution in [0.4, 0.5) is 0 Å². The smallest absolute Gasteiger partial charge is 0.312 e. The maximum Gasteiger partial charge on any atom is 0.312 e. The van der Waals surface area contributed by atoms with Gasteiger partial charge >= 0.3 is 5.97 Å². The third kappa shape index (κ3) is 2.71. The van der Waals surface area contributed by atoms with Crippen molar-refractivity contribution in [2.45, 2.75) is 18.3 Å². The number of nitrogens with zero attached hydrogens (tertiary/aromatic N) is 1. The zero-order valence-electron chi connectivity index (χ0n) is 10.7. The van der Waals surface area contributed by atoms with E-state index in [0.717, 1.165) is 25.1 Å². The molecule has 0 spiro atoms. The molecule has 0 radical (unpaired) electrons. The minimum atomic E-state index is -0.849. The highest BCUT2D eigenvalue weighted by Crippen LogP contribution is 2.28. The quantitative estimate of drug-likeness (QED) is 0.841. The Morgan fingerprint density at radius 2 is 2.39 bits per heavy atom. The maximum atomic E-state index is 11.1. The van der Waals surface area contributed by atoms with Gasteiger partial charge in [-0.3, -0.25) is 4.79 Å². The molecule has 4 heteroatoms. The number of aliphatic carboxylic acids is 1. The Labute approximate surface area is 107 Å². The van der Waals surface area contributed by atoms with Gasteiger partial charge in [-0.1, -0.05) is 24.3 Å². The van der Waals surface area contributed by atoms with Crippen LogP contribution in [0.15, 0.2) is 24.3 Å². The van der Waals surface area contributed by atoms with Gasteiger partial charge in [0.05, 0.1) is 5.92 Å². The Morgan fingerprint density at radius 3 is 2.94 bits per heavy atom. The van der Waals surface area contributed by atoms with E-state index in [2.05, 4.69) is 18.0 Å². The standard InChI is InChI=1S/C14H20N2O2/c1-16-6-5-12(9-16)10-3-2-4-11(7-10)13(8-15)14(17)18/h2-4,7,12-13H,5-6,8-9,15H2,1H3,(H,17,18). The van der Waals surface area contributed by atoms with Crippen molar-refractivity contribution in [1.82, 2.24) is 4.90 Å². The predicted molar refractivity (Wildman–Crippen MR) is 70.7 cm³/mol. The molecule has 1 heterocycles. The van der Waals surface area contributed by atoms with Crippen molar-refractivity contribution in [3.05, 3.63) is 35.4 Å². The summed E-state index contributed by atoms with van der Waals surface area (Å²) in [7, 11) is 2.11. The first kappa shape index (κ1) is 13.1. The summed E-state index contributed by atoms with van der Waals surface area (Å²) in [6.07, 6.45) is 1.14. The molecule has 18 heavy (non-hydrogen) atoms. The molecule has 0 amide bonds. The third-order valence-electron chi connectivity index (χ3n) is 3.71. The van der Waals surface area contributed by atoms with Gasteiger partial charge in [0.2, 0.25) is 0 Å². The van der Waals surface area contributed by atoms with Crippen LogP contribution in [0.25, 0.3) is 0 Å². The van der Waals surface area contributed by atoms with Crippen molar-refractivity contribution in [3.63, 3.8) is 0 Å². The highest BCUT2D eigenvalue weighted by Gasteiger charge is 2.23. The lowest BCUT2D eigenvalue weighted by molar-refractivity contribution is -0.138. The van der Waals surface area contributed by atoms with Gasteiger partial charge in [0.1, 0.15) is 0 Å². The number of likely N-dealkylation sites (tertiary alicyclic amines) is 1. The Bertz CT molecular complexity index is 434. The van der Waals surface area contributed by atoms with Crippen LogP contribution in [0.2, 0.25) is 0 Å². The first-order valence-electron chi connectivity index (χ1n) is 6.33. The molecule has 2 atom stereocenters. The Balaban J connectivity index is 2.21. The molecular formula is C14H20N2O2. The summed E-state index contributed by atoms with van der Waals surface area (Å²) in [6.45, 7) is 2.29. The number of carboxylic acids is 1. The number of benzene rings is 1. The number of carboxylic acid groups (broad SMARTS) is 1. The van der Waals surface area contributed by atoms with Crippen LogP contribution in [0.3, 0.4) is 0 Å². The van der Waals surface area contributed by atoms with E-state index in [1.54, 1.807) is 0 Å². The second-order valence-electron chi connectivity index (χ2n) is 5.04. The van der Waals surface area contributed by atoms with Crippen molar-refractivity contribution in [3.8, 4) is 0 Å². The van der Waals surface area contributed by atoms with E-state index in [-0.39, 0.29) is 6.54 Å². The Kier molecular flexibility index (Phi) is 3.99. The molecule has 2 rings (SSSR count). The minimum Gasteiger partial charge on any atom is -0.481 e. The summed E-state index contributed by atoms with van der Waals surface area (Å²) >= 11 is 0. The molecule has 4 nitrogen and oxygen atoms in total. The Hall–Kier alpha value is -1.39. The van der Waals surface area contributed by atoms with E-state index >= 15 is 0 Å². The molecule has 1 saturated heterocycles. The van der Waals surface area contributed by atoms with Crippen molar-refractivity contribution in [2.75, 3.05) is 26.7 Å². The molecule has 1 aromatic carbocycles. The molecule has 1 fully saturated rings. The number of hydrogen-bond donors (Lipinski definition) is 2. The van der Waals surface area contributed by atoms with Crippen LogP contribution in [0.5, 0.6) is 0 Å². The van der Waals surface area contributed by atoms with Gasteiger partial charge in [-0.25, -0.2) is 0 Å². The first-order chi connectivity index (χ1) is 8.61. The zero-order chi connectivity index (χ0) is 13.1. The molecule has 1 aromatic rings. The van der Waals surface area contributed by atoms with Gasteiger partial charge in [-0.15, -0.1) is 0 Å². The zero-order valence-corrected chi connectivity index (χ0v) is 10.7. The average Bonchev–Trinajstić information content (AvgIpc) is 2.77. The fraction of sp³-hybridized carbons (Fsp3) is 0.500. The number of nitrogens with two attached hydrogens (primary N) is 1. The molecule has 0 aromatic heterocycles. The minimum absolute atomic E-state index is 0.142. The van der Waals surface area contributed by atoms with E-state index < -0.39 is 11.9 Å². The van der Waals surface area contributed by atoms with E-state index in [1.165, 1.54) is 5.56 Å². The maximum absolute atomic E-state index is 11.1. The summed E-state index contributed by atoms with van der Waals surface area (Å²) in [5.74, 6) is -0.926. The highest BCUT2D eigenvalue weighted by molar-refractivity contribution is 5.76. The largest absolute Gasteiger partial charge is 0.481 e. The van der Waals surface area contributed by atoms with Gasteiger partial charge in [0.15, 0.2) is 0 Å². The fourth-order valence-electron chi connectivity index (χ4n) is 2.62. The second kappa shape index (κ2) is 5.50. The normalized spacial score (nSPS) is 22.0. The van der Waals surface area contributed by atoms with E-state index in [0.29, 0.717) is 5.92 Å². The van der Waals surface area contributed by atoms with Gasteiger partial charge in [0.25, 0.3) is 0 Å². The molecule has 3 N–H and O–H groups in total. The molecule has 0 aliphatic carbocycles. The Morgan fingerprint density at radius 1 is 1.61 bits per heavy atom. The average molecular weight is 248 g/mol. The third-order valence-corrected chi connectivity index (χ3v) is 3.71. The number of rotatable bonds is 4. The summed E-state index contributed by atoms with van der Waals surface area (Å²) in [5, 5.41) is 9.14. The summed E-state index contributed by atoms with van der Waals surface area (Å²) in [6, 6.07) is 7.89. The van der Waals surface area contributed by atoms with Crippen molar-refractivity contribution < 1.29 is 9.90 Å². The molecule has 0 saturated carbocycles. The van der Waals surface area contributed by atoms with Crippen LogP contribution >= 0.6 is 0 Å². The first-order valence-corrected chi connectivity index (χ1v) is 6.33. The van der Waals surface area contributed by atoms with Crippen LogP contribution in [0.1, 0.15) is 29.4 Å². The van der Waals surface area contributed by atoms with E-state index in [9.17, 15) is 4.79 Å². The van der Waals surface area contributed by atoms with E-state index in [4.69, 9.17) is 10.8 Å². The topological polar surface area (TPSA) is 66.6 Å². The molecule has 0 bridgehead atoms. The number of likely N-dealkylation sites (N-methyl/N-ethyl adjacent to an activating group) is 1. The molecule has 2 unspecified atom stereocenters. The lowest BCUT2D eigenvalue weighted by atomic mass is 9.92. The second-order valence-corrected chi connectivity index (χ2v) is 5.04. The van der Waals surface area contributed by atoms with Gasteiger partial charge in [-0.05, 0) is 37.1 Å². The molecular weight excluding hydrogens is 228 g/mol. The van der Waals surface area contributed by atoms with Crippen molar-refractivity contribution in [1.29, 1.82) is 0 Å².